The number of rotatable bonds is 5. The Bertz CT molecular complexity index is 836. The van der Waals surface area contributed by atoms with Gasteiger partial charge in [0, 0.05) is 57.1 Å². The van der Waals surface area contributed by atoms with Crippen LogP contribution in [-0.2, 0) is 9.59 Å². The zero-order valence-corrected chi connectivity index (χ0v) is 16.1. The molecule has 2 saturated heterocycles. The van der Waals surface area contributed by atoms with Gasteiger partial charge in [0.1, 0.15) is 0 Å². The molecule has 2 fully saturated rings. The van der Waals surface area contributed by atoms with Gasteiger partial charge in [-0.1, -0.05) is 6.07 Å². The highest BCUT2D eigenvalue weighted by atomic mass is 16.2. The summed E-state index contributed by atoms with van der Waals surface area (Å²) in [6, 6.07) is 6.16. The molecule has 0 spiro atoms. The third-order valence-electron chi connectivity index (χ3n) is 6.07. The summed E-state index contributed by atoms with van der Waals surface area (Å²) in [7, 11) is 0. The summed E-state index contributed by atoms with van der Waals surface area (Å²) in [6.07, 6.45) is 3.82. The van der Waals surface area contributed by atoms with Gasteiger partial charge < -0.3 is 16.0 Å². The lowest BCUT2D eigenvalue weighted by atomic mass is 9.93. The van der Waals surface area contributed by atoms with Crippen LogP contribution < -0.4 is 11.1 Å². The molecule has 0 aliphatic carbocycles. The number of nitrogens with two attached hydrogens (primary N) is 1. The molecule has 1 aromatic carbocycles. The second-order valence-corrected chi connectivity index (χ2v) is 7.77. The average Bonchev–Trinajstić information content (AvgIpc) is 3.20. The summed E-state index contributed by atoms with van der Waals surface area (Å²) in [5.74, 6) is -1.07. The lowest BCUT2D eigenvalue weighted by Crippen LogP contribution is -2.52. The fraction of sp³-hybridized carbons (Fsp3) is 0.550. The van der Waals surface area contributed by atoms with Crippen molar-refractivity contribution < 1.29 is 9.59 Å². The zero-order chi connectivity index (χ0) is 19.5. The maximum atomic E-state index is 12.9. The van der Waals surface area contributed by atoms with Crippen molar-refractivity contribution >= 4 is 22.7 Å². The Labute approximate surface area is 164 Å². The Morgan fingerprint density at radius 1 is 1.18 bits per heavy atom. The van der Waals surface area contributed by atoms with Gasteiger partial charge in [-0.15, -0.1) is 0 Å². The van der Waals surface area contributed by atoms with E-state index in [1.807, 2.05) is 23.1 Å². The van der Waals surface area contributed by atoms with Gasteiger partial charge in [-0.2, -0.15) is 5.10 Å². The predicted octanol–water partition coefficient (Wildman–Crippen LogP) is 0.418. The number of fused-ring (bicyclic) bond motifs is 1. The number of nitrogens with one attached hydrogen (secondary N) is 2. The molecular weight excluding hydrogens is 356 g/mol. The largest absolute Gasteiger partial charge is 0.369 e. The van der Waals surface area contributed by atoms with Crippen LogP contribution in [0.3, 0.4) is 0 Å². The smallest absolute Gasteiger partial charge is 0.225 e. The Balaban J connectivity index is 1.37. The topological polar surface area (TPSA) is 107 Å². The van der Waals surface area contributed by atoms with Crippen molar-refractivity contribution in [2.45, 2.75) is 31.2 Å². The molecule has 2 amide bonds. The van der Waals surface area contributed by atoms with Crippen LogP contribution >= 0.6 is 0 Å². The number of hydrogen-bond donors (Lipinski definition) is 3. The molecule has 8 heteroatoms. The zero-order valence-electron chi connectivity index (χ0n) is 16.1. The number of aromatic amines is 1. The second kappa shape index (κ2) is 8.28. The highest BCUT2D eigenvalue weighted by molar-refractivity contribution is 5.90. The number of likely N-dealkylation sites (tertiary alicyclic amines) is 1. The molecule has 0 bridgehead atoms. The monoisotopic (exact) mass is 384 g/mol. The number of amides is 2. The van der Waals surface area contributed by atoms with Crippen molar-refractivity contribution in [2.24, 2.45) is 5.73 Å². The SMILES string of the molecule is NC(=O)C(CC(=O)N1CCC(N2CCNCC2)CC1)c1ccc2[nH]ncc2c1. The van der Waals surface area contributed by atoms with Gasteiger partial charge in [0.25, 0.3) is 0 Å². The Kier molecular flexibility index (Phi) is 5.59. The minimum atomic E-state index is -0.613. The minimum absolute atomic E-state index is 0.00912. The van der Waals surface area contributed by atoms with Crippen molar-refractivity contribution in [1.29, 1.82) is 0 Å². The molecule has 2 aliphatic rings. The Morgan fingerprint density at radius 2 is 1.93 bits per heavy atom. The first-order valence-electron chi connectivity index (χ1n) is 10.1. The van der Waals surface area contributed by atoms with Gasteiger partial charge in [0.15, 0.2) is 0 Å². The van der Waals surface area contributed by atoms with Crippen LogP contribution in [0.1, 0.15) is 30.7 Å². The lowest BCUT2D eigenvalue weighted by molar-refractivity contribution is -0.135. The van der Waals surface area contributed by atoms with Crippen molar-refractivity contribution in [1.82, 2.24) is 25.3 Å². The van der Waals surface area contributed by atoms with E-state index in [1.165, 1.54) is 0 Å². The predicted molar refractivity (Wildman–Crippen MR) is 107 cm³/mol. The molecule has 4 N–H and O–H groups in total. The minimum Gasteiger partial charge on any atom is -0.369 e. The quantitative estimate of drug-likeness (QED) is 0.692. The summed E-state index contributed by atoms with van der Waals surface area (Å²) >= 11 is 0. The van der Waals surface area contributed by atoms with Crippen molar-refractivity contribution in [2.75, 3.05) is 39.3 Å². The van der Waals surface area contributed by atoms with Crippen LogP contribution in [0.5, 0.6) is 0 Å². The first-order chi connectivity index (χ1) is 13.6. The number of H-pyrrole nitrogens is 1. The van der Waals surface area contributed by atoms with E-state index < -0.39 is 11.8 Å². The number of aromatic nitrogens is 2. The van der Waals surface area contributed by atoms with E-state index in [9.17, 15) is 9.59 Å². The number of piperidine rings is 1. The number of carbonyl (C=O) groups excluding carboxylic acids is 2. The van der Waals surface area contributed by atoms with Crippen molar-refractivity contribution in [3.63, 3.8) is 0 Å². The summed E-state index contributed by atoms with van der Waals surface area (Å²) < 4.78 is 0. The summed E-state index contributed by atoms with van der Waals surface area (Å²) in [4.78, 5) is 29.4. The third kappa shape index (κ3) is 4.02. The van der Waals surface area contributed by atoms with Gasteiger partial charge in [-0.25, -0.2) is 0 Å². The van der Waals surface area contributed by atoms with E-state index >= 15 is 0 Å². The number of primary amides is 1. The maximum absolute atomic E-state index is 12.9. The normalized spacial score (nSPS) is 20.4. The molecule has 0 saturated carbocycles. The van der Waals surface area contributed by atoms with E-state index in [4.69, 9.17) is 5.73 Å². The van der Waals surface area contributed by atoms with Gasteiger partial charge in [0.2, 0.25) is 11.8 Å². The molecule has 1 unspecified atom stereocenters. The van der Waals surface area contributed by atoms with Gasteiger partial charge in [-0.3, -0.25) is 19.6 Å². The van der Waals surface area contributed by atoms with E-state index in [0.717, 1.165) is 68.6 Å². The fourth-order valence-corrected chi connectivity index (χ4v) is 4.39. The van der Waals surface area contributed by atoms with Crippen LogP contribution in [-0.4, -0.2) is 77.1 Å². The summed E-state index contributed by atoms with van der Waals surface area (Å²) in [5.41, 5.74) is 7.31. The molecule has 1 atom stereocenters. The third-order valence-corrected chi connectivity index (χ3v) is 6.07. The lowest BCUT2D eigenvalue weighted by Gasteiger charge is -2.40. The number of benzene rings is 1. The number of carbonyl (C=O) groups is 2. The fourth-order valence-electron chi connectivity index (χ4n) is 4.39. The highest BCUT2D eigenvalue weighted by Gasteiger charge is 2.30. The molecule has 1 aromatic heterocycles. The number of piperazine rings is 1. The Morgan fingerprint density at radius 3 is 2.64 bits per heavy atom. The molecule has 0 radical (unpaired) electrons. The summed E-state index contributed by atoms with van der Waals surface area (Å²) in [5, 5.41) is 11.2. The van der Waals surface area contributed by atoms with E-state index in [2.05, 4.69) is 20.4 Å². The van der Waals surface area contributed by atoms with E-state index in [0.29, 0.717) is 6.04 Å². The van der Waals surface area contributed by atoms with Crippen LogP contribution in [0.2, 0.25) is 0 Å². The van der Waals surface area contributed by atoms with Crippen LogP contribution in [0.25, 0.3) is 10.9 Å². The highest BCUT2D eigenvalue weighted by Crippen LogP contribution is 2.25. The maximum Gasteiger partial charge on any atom is 0.225 e. The average molecular weight is 384 g/mol. The first-order valence-corrected chi connectivity index (χ1v) is 10.1. The van der Waals surface area contributed by atoms with Gasteiger partial charge in [-0.05, 0) is 30.5 Å². The molecular formula is C20H28N6O2. The van der Waals surface area contributed by atoms with E-state index in [-0.39, 0.29) is 12.3 Å². The molecule has 150 valence electrons. The van der Waals surface area contributed by atoms with Crippen LogP contribution in [0.4, 0.5) is 0 Å². The molecule has 2 aromatic rings. The molecule has 4 rings (SSSR count). The molecule has 3 heterocycles. The standard InChI is InChI=1S/C20H28N6O2/c21-20(28)17(14-1-2-18-15(11-14)13-23-24-18)12-19(27)26-7-3-16(4-8-26)25-9-5-22-6-10-25/h1-2,11,13,16-17,22H,3-10,12H2,(H2,21,28)(H,23,24). The molecule has 8 nitrogen and oxygen atoms in total. The number of nitrogens with zero attached hydrogens (tertiary/aromatic N) is 3. The van der Waals surface area contributed by atoms with Crippen molar-refractivity contribution in [3.05, 3.63) is 30.0 Å². The molecule has 2 aliphatic heterocycles. The second-order valence-electron chi connectivity index (χ2n) is 7.77. The van der Waals surface area contributed by atoms with Gasteiger partial charge >= 0.3 is 0 Å². The number of hydrogen-bond acceptors (Lipinski definition) is 5. The Hall–Kier alpha value is -2.45. The molecule has 28 heavy (non-hydrogen) atoms. The van der Waals surface area contributed by atoms with Gasteiger partial charge in [0.05, 0.1) is 17.6 Å². The summed E-state index contributed by atoms with van der Waals surface area (Å²) in [6.45, 7) is 5.75. The first kappa shape index (κ1) is 18.9. The van der Waals surface area contributed by atoms with E-state index in [1.54, 1.807) is 6.20 Å². The van der Waals surface area contributed by atoms with Crippen molar-refractivity contribution in [3.8, 4) is 0 Å². The van der Waals surface area contributed by atoms with Crippen LogP contribution in [0, 0.1) is 0 Å². The van der Waals surface area contributed by atoms with Crippen LogP contribution in [0.15, 0.2) is 24.4 Å².